The van der Waals surface area contributed by atoms with Gasteiger partial charge in [-0.1, -0.05) is 0 Å². The second kappa shape index (κ2) is 7.84. The van der Waals surface area contributed by atoms with Crippen molar-refractivity contribution >= 4 is 35.3 Å². The van der Waals surface area contributed by atoms with E-state index in [-0.39, 0.29) is 24.7 Å². The molecule has 138 valence electrons. The number of nitrogens with zero attached hydrogens (tertiary/aromatic N) is 4. The van der Waals surface area contributed by atoms with Crippen molar-refractivity contribution in [1.29, 1.82) is 0 Å². The molecule has 1 saturated heterocycles. The van der Waals surface area contributed by atoms with E-state index >= 15 is 0 Å². The highest BCUT2D eigenvalue weighted by Crippen LogP contribution is 2.23. The van der Waals surface area contributed by atoms with Gasteiger partial charge in [-0.05, 0) is 43.6 Å². The Balaban J connectivity index is 0.00000196. The second-order valence-corrected chi connectivity index (χ2v) is 6.38. The molecule has 0 aliphatic carbocycles. The van der Waals surface area contributed by atoms with Crippen LogP contribution in [0, 0.1) is 0 Å². The highest BCUT2D eigenvalue weighted by molar-refractivity contribution is 5.94. The quantitative estimate of drug-likeness (QED) is 0.645. The molecule has 4 rings (SSSR count). The van der Waals surface area contributed by atoms with Crippen molar-refractivity contribution in [2.24, 2.45) is 7.05 Å². The van der Waals surface area contributed by atoms with Gasteiger partial charge in [0.2, 0.25) is 11.9 Å². The van der Waals surface area contributed by atoms with Crippen LogP contribution in [0.3, 0.4) is 0 Å². The maximum atomic E-state index is 12.4. The number of hydrogen-bond donors (Lipinski definition) is 3. The number of aryl methyl sites for hydroxylation is 1. The summed E-state index contributed by atoms with van der Waals surface area (Å²) >= 11 is 0. The number of aromatic nitrogens is 5. The molecule has 26 heavy (non-hydrogen) atoms. The van der Waals surface area contributed by atoms with Gasteiger partial charge in [-0.15, -0.1) is 12.4 Å². The fourth-order valence-electron chi connectivity index (χ4n) is 3.27. The van der Waals surface area contributed by atoms with Crippen molar-refractivity contribution < 1.29 is 4.79 Å². The van der Waals surface area contributed by atoms with Gasteiger partial charge in [0.15, 0.2) is 5.82 Å². The first-order valence-electron chi connectivity index (χ1n) is 8.53. The van der Waals surface area contributed by atoms with E-state index in [0.717, 1.165) is 48.4 Å². The molecule has 0 aromatic carbocycles. The van der Waals surface area contributed by atoms with E-state index in [0.29, 0.717) is 11.9 Å². The van der Waals surface area contributed by atoms with E-state index in [1.807, 2.05) is 25.4 Å². The minimum Gasteiger partial charge on any atom is -0.346 e. The fourth-order valence-corrected chi connectivity index (χ4v) is 3.27. The number of H-pyrrole nitrogens is 1. The van der Waals surface area contributed by atoms with Crippen LogP contribution in [0.2, 0.25) is 0 Å². The second-order valence-electron chi connectivity index (χ2n) is 6.38. The van der Waals surface area contributed by atoms with Crippen LogP contribution >= 0.6 is 12.4 Å². The van der Waals surface area contributed by atoms with E-state index in [4.69, 9.17) is 0 Å². The molecule has 0 unspecified atom stereocenters. The minimum atomic E-state index is -0.114. The zero-order chi connectivity index (χ0) is 17.2. The maximum Gasteiger partial charge on any atom is 0.231 e. The summed E-state index contributed by atoms with van der Waals surface area (Å²) in [6.45, 7) is 1.97. The van der Waals surface area contributed by atoms with Crippen LogP contribution in [-0.2, 0) is 18.3 Å². The van der Waals surface area contributed by atoms with Gasteiger partial charge in [-0.25, -0.2) is 9.67 Å². The summed E-state index contributed by atoms with van der Waals surface area (Å²) in [5.41, 5.74) is 1.71. The Hall–Kier alpha value is -2.45. The topological polar surface area (TPSA) is 101 Å². The van der Waals surface area contributed by atoms with Crippen molar-refractivity contribution in [1.82, 2.24) is 30.0 Å². The lowest BCUT2D eigenvalue weighted by atomic mass is 9.98. The molecule has 1 aliphatic heterocycles. The lowest BCUT2D eigenvalue weighted by molar-refractivity contribution is -0.115. The van der Waals surface area contributed by atoms with Gasteiger partial charge in [-0.3, -0.25) is 10.1 Å². The largest absolute Gasteiger partial charge is 0.346 e. The number of piperidine rings is 1. The molecule has 0 spiro atoms. The number of pyridine rings is 1. The fraction of sp³-hybridized carbons (Fsp3) is 0.412. The van der Waals surface area contributed by atoms with E-state index in [1.54, 1.807) is 10.9 Å². The molecule has 0 bridgehead atoms. The van der Waals surface area contributed by atoms with Gasteiger partial charge in [0.1, 0.15) is 5.65 Å². The summed E-state index contributed by atoms with van der Waals surface area (Å²) in [7, 11) is 1.81. The van der Waals surface area contributed by atoms with E-state index in [9.17, 15) is 4.79 Å². The molecule has 0 radical (unpaired) electrons. The third kappa shape index (κ3) is 3.71. The van der Waals surface area contributed by atoms with E-state index < -0.39 is 0 Å². The summed E-state index contributed by atoms with van der Waals surface area (Å²) in [5, 5.41) is 11.7. The number of anilines is 1. The van der Waals surface area contributed by atoms with Gasteiger partial charge >= 0.3 is 0 Å². The van der Waals surface area contributed by atoms with Crippen LogP contribution in [0.5, 0.6) is 0 Å². The Bertz CT molecular complexity index is 898. The number of fused-ring (bicyclic) bond motifs is 1. The first-order valence-corrected chi connectivity index (χ1v) is 8.53. The number of halogens is 1. The standard InChI is InChI=1S/C17H21N7O.ClH/c1-24-17(22-15(23-24)11-4-7-18-8-5-11)21-14(25)9-12-10-20-16-13(12)3-2-6-19-16;/h2-3,6,10-11,18H,4-5,7-9H2,1H3,(H,19,20)(H,21,22,23,25);1H. The van der Waals surface area contributed by atoms with Gasteiger partial charge in [-0.2, -0.15) is 10.1 Å². The molecular weight excluding hydrogens is 354 g/mol. The molecule has 1 amide bonds. The van der Waals surface area contributed by atoms with Crippen LogP contribution in [0.1, 0.15) is 30.1 Å². The third-order valence-corrected chi connectivity index (χ3v) is 4.62. The third-order valence-electron chi connectivity index (χ3n) is 4.62. The van der Waals surface area contributed by atoms with Gasteiger partial charge < -0.3 is 10.3 Å². The molecule has 3 N–H and O–H groups in total. The van der Waals surface area contributed by atoms with Crippen LogP contribution < -0.4 is 10.6 Å². The molecule has 0 atom stereocenters. The smallest absolute Gasteiger partial charge is 0.231 e. The Morgan fingerprint density at radius 1 is 1.38 bits per heavy atom. The summed E-state index contributed by atoms with van der Waals surface area (Å²) in [6.07, 6.45) is 5.87. The predicted octanol–water partition coefficient (Wildman–Crippen LogP) is 1.76. The number of amides is 1. The van der Waals surface area contributed by atoms with Crippen molar-refractivity contribution in [3.63, 3.8) is 0 Å². The zero-order valence-electron chi connectivity index (χ0n) is 14.5. The van der Waals surface area contributed by atoms with Crippen molar-refractivity contribution in [2.75, 3.05) is 18.4 Å². The SMILES string of the molecule is Cl.Cn1nc(C2CCNCC2)nc1NC(=O)Cc1c[nH]c2ncccc12. The van der Waals surface area contributed by atoms with Crippen LogP contribution in [-0.4, -0.2) is 43.7 Å². The summed E-state index contributed by atoms with van der Waals surface area (Å²) in [5.74, 6) is 1.56. The van der Waals surface area contributed by atoms with Crippen molar-refractivity contribution in [3.8, 4) is 0 Å². The maximum absolute atomic E-state index is 12.4. The monoisotopic (exact) mass is 375 g/mol. The first-order chi connectivity index (χ1) is 12.2. The van der Waals surface area contributed by atoms with Crippen LogP contribution in [0.25, 0.3) is 11.0 Å². The van der Waals surface area contributed by atoms with Gasteiger partial charge in [0.25, 0.3) is 0 Å². The molecular formula is C17H22ClN7O. The lowest BCUT2D eigenvalue weighted by Gasteiger charge is -2.19. The van der Waals surface area contributed by atoms with E-state index in [1.165, 1.54) is 0 Å². The van der Waals surface area contributed by atoms with Crippen molar-refractivity contribution in [2.45, 2.75) is 25.2 Å². The average Bonchev–Trinajstić information content (AvgIpc) is 3.20. The Morgan fingerprint density at radius 2 is 2.19 bits per heavy atom. The highest BCUT2D eigenvalue weighted by atomic mass is 35.5. The Morgan fingerprint density at radius 3 is 3.00 bits per heavy atom. The minimum absolute atomic E-state index is 0. The highest BCUT2D eigenvalue weighted by Gasteiger charge is 2.21. The summed E-state index contributed by atoms with van der Waals surface area (Å²) in [4.78, 5) is 24.3. The number of carbonyl (C=O) groups excluding carboxylic acids is 1. The molecule has 1 aliphatic rings. The number of aromatic amines is 1. The number of carbonyl (C=O) groups is 1. The Labute approximate surface area is 157 Å². The molecule has 4 heterocycles. The summed E-state index contributed by atoms with van der Waals surface area (Å²) in [6, 6.07) is 3.82. The van der Waals surface area contributed by atoms with Crippen molar-refractivity contribution in [3.05, 3.63) is 35.9 Å². The Kier molecular flexibility index (Phi) is 5.53. The molecule has 0 saturated carbocycles. The average molecular weight is 376 g/mol. The van der Waals surface area contributed by atoms with Gasteiger partial charge in [0.05, 0.1) is 6.42 Å². The van der Waals surface area contributed by atoms with Crippen LogP contribution in [0.4, 0.5) is 5.95 Å². The number of hydrogen-bond acceptors (Lipinski definition) is 5. The first kappa shape index (κ1) is 18.3. The van der Waals surface area contributed by atoms with Gasteiger partial charge in [0, 0.05) is 30.7 Å². The molecule has 3 aromatic rings. The normalized spacial score (nSPS) is 15.0. The predicted molar refractivity (Wildman–Crippen MR) is 102 cm³/mol. The lowest BCUT2D eigenvalue weighted by Crippen LogP contribution is -2.27. The molecule has 9 heteroatoms. The summed E-state index contributed by atoms with van der Waals surface area (Å²) < 4.78 is 1.64. The van der Waals surface area contributed by atoms with Crippen LogP contribution in [0.15, 0.2) is 24.5 Å². The molecule has 1 fully saturated rings. The molecule has 3 aromatic heterocycles. The number of rotatable bonds is 4. The zero-order valence-corrected chi connectivity index (χ0v) is 15.3. The molecule has 8 nitrogen and oxygen atoms in total. The van der Waals surface area contributed by atoms with E-state index in [2.05, 4.69) is 30.7 Å². The number of nitrogens with one attached hydrogen (secondary N) is 3.